The highest BCUT2D eigenvalue weighted by atomic mass is 35.5. The largest absolute Gasteiger partial charge is 0.370 e. The van der Waals surface area contributed by atoms with Gasteiger partial charge >= 0.3 is 0 Å². The van der Waals surface area contributed by atoms with Crippen LogP contribution in [0.3, 0.4) is 0 Å². The lowest BCUT2D eigenvalue weighted by molar-refractivity contribution is 0.294. The number of aliphatic imine (C=N–C) groups is 2. The van der Waals surface area contributed by atoms with Crippen LogP contribution in [0.1, 0.15) is 18.4 Å². The Kier molecular flexibility index (Phi) is 7.56. The normalized spacial score (nSPS) is 15.3. The van der Waals surface area contributed by atoms with E-state index in [1.54, 1.807) is 0 Å². The van der Waals surface area contributed by atoms with Crippen molar-refractivity contribution in [2.45, 2.75) is 19.3 Å². The number of rotatable bonds is 4. The fourth-order valence-electron chi connectivity index (χ4n) is 2.12. The van der Waals surface area contributed by atoms with E-state index in [1.807, 2.05) is 18.2 Å². The number of nitrogens with two attached hydrogens (primary N) is 2. The topological polar surface area (TPSA) is 92.0 Å². The maximum atomic E-state index is 5.44. The number of nitrogens with zero attached hydrogens (tertiary/aromatic N) is 3. The van der Waals surface area contributed by atoms with Gasteiger partial charge in [0, 0.05) is 19.6 Å². The van der Waals surface area contributed by atoms with E-state index < -0.39 is 0 Å². The van der Waals surface area contributed by atoms with Crippen LogP contribution >= 0.6 is 12.4 Å². The summed E-state index contributed by atoms with van der Waals surface area (Å²) >= 11 is 0. The first-order valence-corrected chi connectivity index (χ1v) is 6.93. The summed E-state index contributed by atoms with van der Waals surface area (Å²) in [4.78, 5) is 8.48. The summed E-state index contributed by atoms with van der Waals surface area (Å²) in [5.74, 6) is 0.512. The predicted molar refractivity (Wildman–Crippen MR) is 89.4 cm³/mol. The second-order valence-corrected chi connectivity index (χ2v) is 4.78. The molecule has 1 saturated heterocycles. The Morgan fingerprint density at radius 1 is 1.14 bits per heavy atom. The van der Waals surface area contributed by atoms with Gasteiger partial charge in [0.05, 0.1) is 0 Å². The van der Waals surface area contributed by atoms with Crippen molar-refractivity contribution in [3.8, 4) is 0 Å². The van der Waals surface area contributed by atoms with E-state index in [4.69, 9.17) is 11.5 Å². The van der Waals surface area contributed by atoms with Crippen LogP contribution < -0.4 is 16.9 Å². The SMILES string of the molecule is Cl.NC(N)=NC(=NCCc1ccccc1)NN1CCCC1. The highest BCUT2D eigenvalue weighted by Gasteiger charge is 2.12. The molecule has 0 spiro atoms. The molecule has 1 aliphatic heterocycles. The summed E-state index contributed by atoms with van der Waals surface area (Å²) in [6.07, 6.45) is 3.24. The number of halogens is 1. The van der Waals surface area contributed by atoms with E-state index in [0.717, 1.165) is 19.5 Å². The van der Waals surface area contributed by atoms with E-state index in [9.17, 15) is 0 Å². The number of benzene rings is 1. The van der Waals surface area contributed by atoms with Gasteiger partial charge in [-0.3, -0.25) is 5.43 Å². The van der Waals surface area contributed by atoms with Gasteiger partial charge in [0.15, 0.2) is 5.96 Å². The van der Waals surface area contributed by atoms with Crippen LogP contribution in [0, 0.1) is 0 Å². The van der Waals surface area contributed by atoms with Crippen molar-refractivity contribution in [3.63, 3.8) is 0 Å². The molecule has 1 aromatic carbocycles. The number of hydrazine groups is 1. The van der Waals surface area contributed by atoms with Gasteiger partial charge < -0.3 is 11.5 Å². The van der Waals surface area contributed by atoms with Gasteiger partial charge in [0.2, 0.25) is 5.96 Å². The minimum Gasteiger partial charge on any atom is -0.370 e. The van der Waals surface area contributed by atoms with Crippen molar-refractivity contribution in [2.75, 3.05) is 19.6 Å². The molecule has 2 rings (SSSR count). The molecule has 1 aromatic rings. The second kappa shape index (κ2) is 9.20. The lowest BCUT2D eigenvalue weighted by atomic mass is 10.2. The smallest absolute Gasteiger partial charge is 0.236 e. The minimum absolute atomic E-state index is 0. The maximum Gasteiger partial charge on any atom is 0.236 e. The number of hydrogen-bond donors (Lipinski definition) is 3. The molecule has 6 nitrogen and oxygen atoms in total. The highest BCUT2D eigenvalue weighted by molar-refractivity contribution is 5.93. The quantitative estimate of drug-likeness (QED) is 0.568. The first kappa shape index (κ1) is 17.3. The molecule has 0 aromatic heterocycles. The van der Waals surface area contributed by atoms with Crippen LogP contribution in [0.4, 0.5) is 0 Å². The highest BCUT2D eigenvalue weighted by Crippen LogP contribution is 2.04. The monoisotopic (exact) mass is 310 g/mol. The van der Waals surface area contributed by atoms with E-state index in [-0.39, 0.29) is 18.4 Å². The molecule has 5 N–H and O–H groups in total. The number of nitrogens with one attached hydrogen (secondary N) is 1. The summed E-state index contributed by atoms with van der Waals surface area (Å²) in [6.45, 7) is 2.65. The van der Waals surface area contributed by atoms with Crippen molar-refractivity contribution in [3.05, 3.63) is 35.9 Å². The Morgan fingerprint density at radius 2 is 1.81 bits per heavy atom. The van der Waals surface area contributed by atoms with Crippen molar-refractivity contribution >= 4 is 24.3 Å². The molecule has 0 bridgehead atoms. The molecule has 7 heteroatoms. The Balaban J connectivity index is 0.00000220. The Labute approximate surface area is 131 Å². The van der Waals surface area contributed by atoms with E-state index in [1.165, 1.54) is 18.4 Å². The third-order valence-electron chi connectivity index (χ3n) is 3.10. The van der Waals surface area contributed by atoms with Gasteiger partial charge in [0.25, 0.3) is 0 Å². The number of guanidine groups is 2. The van der Waals surface area contributed by atoms with Crippen LogP contribution in [-0.4, -0.2) is 36.6 Å². The van der Waals surface area contributed by atoms with Gasteiger partial charge in [-0.25, -0.2) is 10.0 Å². The zero-order chi connectivity index (χ0) is 14.2. The molecule has 0 atom stereocenters. The molecule has 116 valence electrons. The Hall–Kier alpha value is -1.79. The van der Waals surface area contributed by atoms with Crippen molar-refractivity contribution < 1.29 is 0 Å². The summed E-state index contributed by atoms with van der Waals surface area (Å²) < 4.78 is 0. The van der Waals surface area contributed by atoms with Crippen LogP contribution in [0.25, 0.3) is 0 Å². The molecule has 1 aliphatic rings. The van der Waals surface area contributed by atoms with E-state index >= 15 is 0 Å². The van der Waals surface area contributed by atoms with Gasteiger partial charge in [-0.2, -0.15) is 4.99 Å². The fraction of sp³-hybridized carbons (Fsp3) is 0.429. The maximum absolute atomic E-state index is 5.44. The van der Waals surface area contributed by atoms with Crippen molar-refractivity contribution in [1.82, 2.24) is 10.4 Å². The third kappa shape index (κ3) is 6.46. The molecule has 0 amide bonds. The number of hydrogen-bond acceptors (Lipinski definition) is 2. The van der Waals surface area contributed by atoms with Gasteiger partial charge in [0.1, 0.15) is 0 Å². The molecule has 1 fully saturated rings. The first-order valence-electron chi connectivity index (χ1n) is 6.93. The molecular formula is C14H23ClN6. The van der Waals surface area contributed by atoms with Gasteiger partial charge in [-0.15, -0.1) is 12.4 Å². The summed E-state index contributed by atoms with van der Waals surface area (Å²) in [5.41, 5.74) is 15.3. The van der Waals surface area contributed by atoms with Crippen LogP contribution in [0.15, 0.2) is 40.3 Å². The zero-order valence-electron chi connectivity index (χ0n) is 12.0. The lowest BCUT2D eigenvalue weighted by Gasteiger charge is -2.16. The molecule has 0 aliphatic carbocycles. The van der Waals surface area contributed by atoms with Crippen molar-refractivity contribution in [2.24, 2.45) is 21.5 Å². The second-order valence-electron chi connectivity index (χ2n) is 4.78. The average molecular weight is 311 g/mol. The lowest BCUT2D eigenvalue weighted by Crippen LogP contribution is -2.41. The standard InChI is InChI=1S/C14H22N6.ClH/c15-13(16)18-14(19-20-10-4-5-11-20)17-9-8-12-6-2-1-3-7-12;/h1-3,6-7H,4-5,8-11H2,(H5,15,16,17,18,19);1H. The fourth-order valence-corrected chi connectivity index (χ4v) is 2.12. The molecule has 0 saturated carbocycles. The van der Waals surface area contributed by atoms with Crippen LogP contribution in [0.5, 0.6) is 0 Å². The van der Waals surface area contributed by atoms with Crippen LogP contribution in [-0.2, 0) is 6.42 Å². The zero-order valence-corrected chi connectivity index (χ0v) is 12.9. The van der Waals surface area contributed by atoms with Crippen molar-refractivity contribution in [1.29, 1.82) is 0 Å². The summed E-state index contributed by atoms with van der Waals surface area (Å²) in [7, 11) is 0. The molecule has 0 unspecified atom stereocenters. The summed E-state index contributed by atoms with van der Waals surface area (Å²) in [6, 6.07) is 10.2. The molecule has 21 heavy (non-hydrogen) atoms. The van der Waals surface area contributed by atoms with E-state index in [2.05, 4.69) is 32.6 Å². The van der Waals surface area contributed by atoms with Gasteiger partial charge in [-0.05, 0) is 24.8 Å². The van der Waals surface area contributed by atoms with Crippen LogP contribution in [0.2, 0.25) is 0 Å². The third-order valence-corrected chi connectivity index (χ3v) is 3.10. The average Bonchev–Trinajstić information content (AvgIpc) is 2.92. The molecule has 1 heterocycles. The first-order chi connectivity index (χ1) is 9.74. The molecule has 0 radical (unpaired) electrons. The van der Waals surface area contributed by atoms with Gasteiger partial charge in [-0.1, -0.05) is 30.3 Å². The summed E-state index contributed by atoms with van der Waals surface area (Å²) in [5, 5.41) is 2.09. The Morgan fingerprint density at radius 3 is 2.43 bits per heavy atom. The Bertz CT molecular complexity index is 464. The predicted octanol–water partition coefficient (Wildman–Crippen LogP) is 0.881. The minimum atomic E-state index is 0. The van der Waals surface area contributed by atoms with E-state index in [0.29, 0.717) is 12.5 Å². The molecular weight excluding hydrogens is 288 g/mol.